The van der Waals surface area contributed by atoms with Gasteiger partial charge in [0, 0.05) is 44.2 Å². The molecule has 4 nitrogen and oxygen atoms in total. The minimum Gasteiger partial charge on any atom is -0.381 e. The van der Waals surface area contributed by atoms with Gasteiger partial charge in [-0.05, 0) is 75.7 Å². The number of nitrogens with zero attached hydrogens (tertiary/aromatic N) is 3. The maximum absolute atomic E-state index is 5.51. The number of rotatable bonds is 4. The summed E-state index contributed by atoms with van der Waals surface area (Å²) >= 11 is 0. The van der Waals surface area contributed by atoms with Crippen molar-refractivity contribution >= 4 is 0 Å². The summed E-state index contributed by atoms with van der Waals surface area (Å²) < 4.78 is 5.51. The highest BCUT2D eigenvalue weighted by atomic mass is 16.5. The van der Waals surface area contributed by atoms with Crippen LogP contribution in [0.15, 0.2) is 24.5 Å². The summed E-state index contributed by atoms with van der Waals surface area (Å²) in [6.07, 6.45) is 11.9. The Labute approximate surface area is 146 Å². The molecule has 3 aliphatic rings. The largest absolute Gasteiger partial charge is 0.381 e. The zero-order valence-corrected chi connectivity index (χ0v) is 14.8. The molecule has 0 aliphatic carbocycles. The predicted octanol–water partition coefficient (Wildman–Crippen LogP) is 2.94. The fourth-order valence-electron chi connectivity index (χ4n) is 4.97. The highest BCUT2D eigenvalue weighted by molar-refractivity contribution is 5.11. The first-order valence-corrected chi connectivity index (χ1v) is 9.78. The molecule has 3 fully saturated rings. The number of pyridine rings is 1. The van der Waals surface area contributed by atoms with Crippen LogP contribution in [0.4, 0.5) is 0 Å². The summed E-state index contributed by atoms with van der Waals surface area (Å²) in [6, 6.07) is 4.29. The van der Waals surface area contributed by atoms with Gasteiger partial charge in [0.15, 0.2) is 0 Å². The third kappa shape index (κ3) is 3.66. The average Bonchev–Trinajstić information content (AvgIpc) is 3.01. The molecule has 0 saturated carbocycles. The molecule has 24 heavy (non-hydrogen) atoms. The van der Waals surface area contributed by atoms with E-state index >= 15 is 0 Å². The monoisotopic (exact) mass is 329 g/mol. The zero-order chi connectivity index (χ0) is 16.2. The van der Waals surface area contributed by atoms with Crippen molar-refractivity contribution in [3.05, 3.63) is 30.1 Å². The van der Waals surface area contributed by atoms with Crippen LogP contribution in [0, 0.1) is 5.92 Å². The van der Waals surface area contributed by atoms with Crippen molar-refractivity contribution in [2.45, 2.75) is 50.6 Å². The third-order valence-corrected chi connectivity index (χ3v) is 6.48. The molecule has 3 saturated heterocycles. The van der Waals surface area contributed by atoms with E-state index < -0.39 is 0 Å². The Morgan fingerprint density at radius 1 is 1.12 bits per heavy atom. The molecule has 4 heteroatoms. The van der Waals surface area contributed by atoms with E-state index in [0.717, 1.165) is 25.7 Å². The molecule has 1 aromatic heterocycles. The second kappa shape index (κ2) is 7.51. The normalized spacial score (nSPS) is 26.2. The number of likely N-dealkylation sites (tertiary alicyclic amines) is 2. The summed E-state index contributed by atoms with van der Waals surface area (Å²) in [5.41, 5.74) is 1.82. The van der Waals surface area contributed by atoms with Gasteiger partial charge in [0.1, 0.15) is 0 Å². The second-order valence-corrected chi connectivity index (χ2v) is 7.97. The molecule has 1 spiro atoms. The van der Waals surface area contributed by atoms with Crippen LogP contribution in [-0.4, -0.2) is 59.7 Å². The standard InChI is InChI=1S/C20H31N3O/c1-3-19(15-21-9-1)17-23-10-2-6-20(23)7-11-22(12-8-20)16-18-4-13-24-14-5-18/h1,3,9,15,18H,2,4-8,10-14,16-17H2. The molecule has 0 atom stereocenters. The van der Waals surface area contributed by atoms with Gasteiger partial charge < -0.3 is 9.64 Å². The van der Waals surface area contributed by atoms with Crippen LogP contribution in [0.2, 0.25) is 0 Å². The topological polar surface area (TPSA) is 28.6 Å². The van der Waals surface area contributed by atoms with Crippen molar-refractivity contribution in [2.75, 3.05) is 39.4 Å². The lowest BCUT2D eigenvalue weighted by molar-refractivity contribution is 0.0208. The zero-order valence-electron chi connectivity index (χ0n) is 14.8. The number of piperidine rings is 1. The van der Waals surface area contributed by atoms with Gasteiger partial charge in [-0.1, -0.05) is 6.07 Å². The highest BCUT2D eigenvalue weighted by Gasteiger charge is 2.42. The maximum atomic E-state index is 5.51. The first-order chi connectivity index (χ1) is 11.8. The van der Waals surface area contributed by atoms with Gasteiger partial charge in [-0.15, -0.1) is 0 Å². The van der Waals surface area contributed by atoms with Gasteiger partial charge in [0.2, 0.25) is 0 Å². The Kier molecular flexibility index (Phi) is 5.16. The second-order valence-electron chi connectivity index (χ2n) is 7.97. The van der Waals surface area contributed by atoms with E-state index in [9.17, 15) is 0 Å². The minimum absolute atomic E-state index is 0.460. The third-order valence-electron chi connectivity index (χ3n) is 6.48. The minimum atomic E-state index is 0.460. The molecule has 4 heterocycles. The van der Waals surface area contributed by atoms with E-state index in [1.54, 1.807) is 0 Å². The number of aromatic nitrogens is 1. The van der Waals surface area contributed by atoms with Gasteiger partial charge in [-0.3, -0.25) is 9.88 Å². The van der Waals surface area contributed by atoms with Crippen LogP contribution >= 0.6 is 0 Å². The Hall–Kier alpha value is -0.970. The van der Waals surface area contributed by atoms with Gasteiger partial charge in [-0.25, -0.2) is 0 Å². The van der Waals surface area contributed by atoms with E-state index in [1.165, 1.54) is 70.3 Å². The van der Waals surface area contributed by atoms with Crippen LogP contribution in [-0.2, 0) is 11.3 Å². The van der Waals surface area contributed by atoms with E-state index in [1.807, 2.05) is 12.4 Å². The SMILES string of the molecule is c1cncc(CN2CCCC23CCN(CC2CCOCC2)CC3)c1. The number of ether oxygens (including phenoxy) is 1. The fraction of sp³-hybridized carbons (Fsp3) is 0.750. The first-order valence-electron chi connectivity index (χ1n) is 9.78. The van der Waals surface area contributed by atoms with Crippen molar-refractivity contribution in [1.29, 1.82) is 0 Å². The van der Waals surface area contributed by atoms with Crippen LogP contribution < -0.4 is 0 Å². The molecule has 0 bridgehead atoms. The average molecular weight is 329 g/mol. The lowest BCUT2D eigenvalue weighted by atomic mass is 9.84. The Morgan fingerprint density at radius 3 is 2.71 bits per heavy atom. The lowest BCUT2D eigenvalue weighted by Gasteiger charge is -2.46. The molecule has 0 unspecified atom stereocenters. The maximum Gasteiger partial charge on any atom is 0.0469 e. The molecule has 0 N–H and O–H groups in total. The molecule has 0 radical (unpaired) electrons. The fourth-order valence-corrected chi connectivity index (χ4v) is 4.97. The van der Waals surface area contributed by atoms with E-state index in [2.05, 4.69) is 26.9 Å². The number of hydrogen-bond donors (Lipinski definition) is 0. The van der Waals surface area contributed by atoms with Gasteiger partial charge in [0.05, 0.1) is 0 Å². The summed E-state index contributed by atoms with van der Waals surface area (Å²) in [6.45, 7) is 8.13. The van der Waals surface area contributed by atoms with E-state index in [0.29, 0.717) is 5.54 Å². The van der Waals surface area contributed by atoms with Crippen molar-refractivity contribution in [1.82, 2.24) is 14.8 Å². The van der Waals surface area contributed by atoms with Gasteiger partial charge in [0.25, 0.3) is 0 Å². The molecule has 3 aliphatic heterocycles. The molecule has 0 aromatic carbocycles. The molecule has 132 valence electrons. The summed E-state index contributed by atoms with van der Waals surface area (Å²) in [5, 5.41) is 0. The number of hydrogen-bond acceptors (Lipinski definition) is 4. The van der Waals surface area contributed by atoms with Crippen molar-refractivity contribution in [3.63, 3.8) is 0 Å². The van der Waals surface area contributed by atoms with Gasteiger partial charge in [-0.2, -0.15) is 0 Å². The smallest absolute Gasteiger partial charge is 0.0469 e. The quantitative estimate of drug-likeness (QED) is 0.849. The molecule has 4 rings (SSSR count). The first kappa shape index (κ1) is 16.5. The lowest BCUT2D eigenvalue weighted by Crippen LogP contribution is -2.52. The van der Waals surface area contributed by atoms with Crippen molar-refractivity contribution in [3.8, 4) is 0 Å². The Balaban J connectivity index is 1.32. The van der Waals surface area contributed by atoms with Crippen molar-refractivity contribution < 1.29 is 4.74 Å². The van der Waals surface area contributed by atoms with Crippen molar-refractivity contribution in [2.24, 2.45) is 5.92 Å². The molecular weight excluding hydrogens is 298 g/mol. The summed E-state index contributed by atoms with van der Waals surface area (Å²) in [5.74, 6) is 0.864. The van der Waals surface area contributed by atoms with Crippen LogP contribution in [0.1, 0.15) is 44.1 Å². The summed E-state index contributed by atoms with van der Waals surface area (Å²) in [7, 11) is 0. The van der Waals surface area contributed by atoms with Crippen LogP contribution in [0.25, 0.3) is 0 Å². The predicted molar refractivity (Wildman–Crippen MR) is 95.8 cm³/mol. The van der Waals surface area contributed by atoms with Gasteiger partial charge >= 0.3 is 0 Å². The van der Waals surface area contributed by atoms with E-state index in [-0.39, 0.29) is 0 Å². The van der Waals surface area contributed by atoms with Crippen LogP contribution in [0.3, 0.4) is 0 Å². The molecule has 1 aromatic rings. The molecule has 0 amide bonds. The summed E-state index contributed by atoms with van der Waals surface area (Å²) in [4.78, 5) is 9.78. The Morgan fingerprint density at radius 2 is 1.96 bits per heavy atom. The highest BCUT2D eigenvalue weighted by Crippen LogP contribution is 2.39. The van der Waals surface area contributed by atoms with E-state index in [4.69, 9.17) is 4.74 Å². The Bertz CT molecular complexity index is 507. The van der Waals surface area contributed by atoms with Crippen LogP contribution in [0.5, 0.6) is 0 Å². The molecular formula is C20H31N3O.